The molecule has 0 saturated heterocycles. The normalized spacial score (nSPS) is 10.8. The third kappa shape index (κ3) is 2.79. The number of aromatic carboxylic acids is 1. The van der Waals surface area contributed by atoms with Crippen LogP contribution in [0, 0.1) is 0 Å². The van der Waals surface area contributed by atoms with Crippen LogP contribution in [-0.2, 0) is 4.74 Å². The highest BCUT2D eigenvalue weighted by Gasteiger charge is 2.20. The van der Waals surface area contributed by atoms with E-state index in [1.54, 1.807) is 7.11 Å². The topological polar surface area (TPSA) is 80.7 Å². The summed E-state index contributed by atoms with van der Waals surface area (Å²) in [4.78, 5) is 15.5. The predicted octanol–water partition coefficient (Wildman–Crippen LogP) is 2.71. The van der Waals surface area contributed by atoms with E-state index in [-0.39, 0.29) is 16.3 Å². The molecule has 1 aromatic heterocycles. The van der Waals surface area contributed by atoms with Gasteiger partial charge in [-0.25, -0.2) is 9.78 Å². The number of thiazole rings is 1. The number of fused-ring (bicyclic) bond motifs is 1. The second-order valence-electron chi connectivity index (χ2n) is 3.86. The first-order valence-corrected chi connectivity index (χ1v) is 6.91. The fourth-order valence-corrected chi connectivity index (χ4v) is 3.06. The van der Waals surface area contributed by atoms with E-state index >= 15 is 0 Å². The minimum Gasteiger partial charge on any atom is -0.494 e. The fraction of sp³-hybridized carbons (Fsp3) is 0.333. The Labute approximate surface area is 124 Å². The number of carbonyl (C=O) groups is 1. The Bertz CT molecular complexity index is 644. The minimum absolute atomic E-state index is 0.0251. The highest BCUT2D eigenvalue weighted by atomic mass is 35.5. The number of hydrogen-bond donors (Lipinski definition) is 2. The van der Waals surface area contributed by atoms with Crippen LogP contribution in [0.15, 0.2) is 6.07 Å². The van der Waals surface area contributed by atoms with Crippen LogP contribution in [0.5, 0.6) is 5.75 Å². The van der Waals surface area contributed by atoms with Gasteiger partial charge in [0.15, 0.2) is 10.9 Å². The highest BCUT2D eigenvalue weighted by Crippen LogP contribution is 2.40. The lowest BCUT2D eigenvalue weighted by molar-refractivity contribution is 0.0693. The van der Waals surface area contributed by atoms with Crippen molar-refractivity contribution in [2.24, 2.45) is 0 Å². The molecule has 0 amide bonds. The van der Waals surface area contributed by atoms with E-state index in [0.29, 0.717) is 28.5 Å². The van der Waals surface area contributed by atoms with E-state index < -0.39 is 5.97 Å². The summed E-state index contributed by atoms with van der Waals surface area (Å²) in [5.41, 5.74) is 0.551. The molecule has 108 valence electrons. The molecular formula is C12H13ClN2O4S. The van der Waals surface area contributed by atoms with Crippen molar-refractivity contribution < 1.29 is 19.4 Å². The Morgan fingerprint density at radius 3 is 2.90 bits per heavy atom. The number of methoxy groups -OCH3 is 2. The summed E-state index contributed by atoms with van der Waals surface area (Å²) in [5, 5.41) is 13.2. The maximum Gasteiger partial charge on any atom is 0.339 e. The van der Waals surface area contributed by atoms with Crippen LogP contribution in [-0.4, -0.2) is 43.4 Å². The SMILES string of the molecule is COCCNc1nc2c(Cl)cc(C(=O)O)c(OC)c2s1. The first-order valence-electron chi connectivity index (χ1n) is 5.71. The van der Waals surface area contributed by atoms with E-state index in [2.05, 4.69) is 10.3 Å². The number of halogens is 1. The van der Waals surface area contributed by atoms with Gasteiger partial charge >= 0.3 is 5.97 Å². The first-order chi connectivity index (χ1) is 9.58. The number of anilines is 1. The fourth-order valence-electron chi connectivity index (χ4n) is 1.72. The van der Waals surface area contributed by atoms with Crippen LogP contribution in [0.4, 0.5) is 5.13 Å². The molecule has 0 fully saturated rings. The van der Waals surface area contributed by atoms with Crippen molar-refractivity contribution in [3.63, 3.8) is 0 Å². The lowest BCUT2D eigenvalue weighted by Gasteiger charge is -2.06. The molecule has 0 aliphatic rings. The lowest BCUT2D eigenvalue weighted by Crippen LogP contribution is -2.06. The number of carboxylic acids is 1. The van der Waals surface area contributed by atoms with Crippen molar-refractivity contribution in [1.82, 2.24) is 4.98 Å². The zero-order chi connectivity index (χ0) is 14.7. The van der Waals surface area contributed by atoms with Crippen LogP contribution in [0.1, 0.15) is 10.4 Å². The Hall–Kier alpha value is -1.57. The van der Waals surface area contributed by atoms with Crippen molar-refractivity contribution in [1.29, 1.82) is 0 Å². The van der Waals surface area contributed by atoms with Gasteiger partial charge in [-0.15, -0.1) is 0 Å². The van der Waals surface area contributed by atoms with E-state index in [4.69, 9.17) is 21.1 Å². The molecule has 2 N–H and O–H groups in total. The quantitative estimate of drug-likeness (QED) is 0.798. The number of rotatable bonds is 6. The zero-order valence-corrected chi connectivity index (χ0v) is 12.5. The molecule has 1 aromatic carbocycles. The first kappa shape index (κ1) is 14.8. The van der Waals surface area contributed by atoms with Gasteiger partial charge in [-0.3, -0.25) is 0 Å². The van der Waals surface area contributed by atoms with Crippen molar-refractivity contribution in [3.05, 3.63) is 16.7 Å². The summed E-state index contributed by atoms with van der Waals surface area (Å²) < 4.78 is 10.7. The number of nitrogens with zero attached hydrogens (tertiary/aromatic N) is 1. The van der Waals surface area contributed by atoms with Crippen LogP contribution in [0.25, 0.3) is 10.2 Å². The molecule has 6 nitrogen and oxygen atoms in total. The Morgan fingerprint density at radius 2 is 2.30 bits per heavy atom. The van der Waals surface area contributed by atoms with Crippen molar-refractivity contribution >= 4 is 44.3 Å². The van der Waals surface area contributed by atoms with E-state index in [1.165, 1.54) is 24.5 Å². The summed E-state index contributed by atoms with van der Waals surface area (Å²) in [5.74, 6) is -0.817. The highest BCUT2D eigenvalue weighted by molar-refractivity contribution is 7.22. The van der Waals surface area contributed by atoms with Gasteiger partial charge < -0.3 is 19.9 Å². The van der Waals surface area contributed by atoms with Crippen LogP contribution >= 0.6 is 22.9 Å². The smallest absolute Gasteiger partial charge is 0.339 e. The molecule has 0 spiro atoms. The second kappa shape index (κ2) is 6.25. The van der Waals surface area contributed by atoms with Gasteiger partial charge in [0.25, 0.3) is 0 Å². The molecule has 0 atom stereocenters. The molecule has 2 aromatic rings. The zero-order valence-electron chi connectivity index (χ0n) is 10.9. The maximum absolute atomic E-state index is 11.2. The summed E-state index contributed by atoms with van der Waals surface area (Å²) in [7, 11) is 3.03. The molecule has 0 bridgehead atoms. The van der Waals surface area contributed by atoms with Gasteiger partial charge in [0.1, 0.15) is 15.8 Å². The van der Waals surface area contributed by atoms with E-state index in [1.807, 2.05) is 0 Å². The lowest BCUT2D eigenvalue weighted by atomic mass is 10.2. The van der Waals surface area contributed by atoms with Crippen molar-refractivity contribution in [3.8, 4) is 5.75 Å². The average Bonchev–Trinajstić information content (AvgIpc) is 2.83. The minimum atomic E-state index is -1.09. The molecule has 0 saturated carbocycles. The predicted molar refractivity (Wildman–Crippen MR) is 78.5 cm³/mol. The molecule has 0 aliphatic carbocycles. The summed E-state index contributed by atoms with van der Waals surface area (Å²) >= 11 is 7.38. The van der Waals surface area contributed by atoms with Gasteiger partial charge in [-0.1, -0.05) is 22.9 Å². The van der Waals surface area contributed by atoms with Gasteiger partial charge in [-0.05, 0) is 6.07 Å². The summed E-state index contributed by atoms with van der Waals surface area (Å²) in [6.07, 6.45) is 0. The van der Waals surface area contributed by atoms with Crippen LogP contribution < -0.4 is 10.1 Å². The number of aromatic nitrogens is 1. The molecular weight excluding hydrogens is 304 g/mol. The Balaban J connectivity index is 2.49. The Morgan fingerprint density at radius 1 is 1.55 bits per heavy atom. The molecule has 0 unspecified atom stereocenters. The van der Waals surface area contributed by atoms with Gasteiger partial charge in [0.05, 0.1) is 18.7 Å². The molecule has 1 heterocycles. The Kier molecular flexibility index (Phi) is 4.64. The van der Waals surface area contributed by atoms with Crippen molar-refractivity contribution in [2.75, 3.05) is 32.7 Å². The maximum atomic E-state index is 11.2. The molecule has 20 heavy (non-hydrogen) atoms. The molecule has 0 aliphatic heterocycles. The number of hydrogen-bond acceptors (Lipinski definition) is 6. The summed E-state index contributed by atoms with van der Waals surface area (Å²) in [6, 6.07) is 1.35. The van der Waals surface area contributed by atoms with Gasteiger partial charge in [0, 0.05) is 13.7 Å². The van der Waals surface area contributed by atoms with Crippen LogP contribution in [0.3, 0.4) is 0 Å². The molecule has 2 rings (SSSR count). The van der Waals surface area contributed by atoms with E-state index in [9.17, 15) is 9.90 Å². The van der Waals surface area contributed by atoms with Crippen molar-refractivity contribution in [2.45, 2.75) is 0 Å². The monoisotopic (exact) mass is 316 g/mol. The van der Waals surface area contributed by atoms with Gasteiger partial charge in [0.2, 0.25) is 0 Å². The molecule has 0 radical (unpaired) electrons. The summed E-state index contributed by atoms with van der Waals surface area (Å²) in [6.45, 7) is 1.14. The average molecular weight is 317 g/mol. The third-order valence-electron chi connectivity index (χ3n) is 2.59. The number of carboxylic acid groups (broad SMARTS) is 1. The number of ether oxygens (including phenoxy) is 2. The number of benzene rings is 1. The van der Waals surface area contributed by atoms with Crippen LogP contribution in [0.2, 0.25) is 5.02 Å². The van der Waals surface area contributed by atoms with E-state index in [0.717, 1.165) is 0 Å². The third-order valence-corrected chi connectivity index (χ3v) is 3.89. The second-order valence-corrected chi connectivity index (χ2v) is 5.27. The largest absolute Gasteiger partial charge is 0.494 e. The standard InChI is InChI=1S/C12H13ClN2O4S/c1-18-4-3-14-12-15-8-7(13)5-6(11(16)17)9(19-2)10(8)20-12/h5H,3-4H2,1-2H3,(H,14,15)(H,16,17). The molecule has 8 heteroatoms. The number of nitrogens with one attached hydrogen (secondary N) is 1. The van der Waals surface area contributed by atoms with Gasteiger partial charge in [-0.2, -0.15) is 0 Å².